The zero-order valence-corrected chi connectivity index (χ0v) is 14.1. The van der Waals surface area contributed by atoms with Crippen LogP contribution in [-0.2, 0) is 18.3 Å². The molecule has 1 heterocycles. The highest BCUT2D eigenvalue weighted by Gasteiger charge is 2.21. The smallest absolute Gasteiger partial charge is 0.326 e. The van der Waals surface area contributed by atoms with Gasteiger partial charge in [0.25, 0.3) is 5.91 Å². The van der Waals surface area contributed by atoms with E-state index in [0.29, 0.717) is 5.56 Å². The fourth-order valence-electron chi connectivity index (χ4n) is 2.67. The summed E-state index contributed by atoms with van der Waals surface area (Å²) in [6.45, 7) is 1.97. The zero-order valence-electron chi connectivity index (χ0n) is 14.1. The molecule has 1 atom stereocenters. The third kappa shape index (κ3) is 3.68. The number of hydrogen-bond acceptors (Lipinski definition) is 3. The van der Waals surface area contributed by atoms with Crippen molar-refractivity contribution < 1.29 is 14.7 Å². The minimum absolute atomic E-state index is 0.231. The maximum atomic E-state index is 12.5. The van der Waals surface area contributed by atoms with Gasteiger partial charge in [0.15, 0.2) is 0 Å². The van der Waals surface area contributed by atoms with E-state index in [1.807, 2.05) is 42.8 Å². The second-order valence-electron chi connectivity index (χ2n) is 6.11. The van der Waals surface area contributed by atoms with Crippen molar-refractivity contribution in [3.05, 3.63) is 65.5 Å². The first-order valence-corrected chi connectivity index (χ1v) is 7.94. The van der Waals surface area contributed by atoms with Crippen LogP contribution in [0.5, 0.6) is 0 Å². The molecular formula is C19H19N3O3. The molecule has 0 aliphatic carbocycles. The highest BCUT2D eigenvalue weighted by molar-refractivity contribution is 5.99. The van der Waals surface area contributed by atoms with Gasteiger partial charge in [0.1, 0.15) is 6.04 Å². The molecular weight excluding hydrogens is 318 g/mol. The Kier molecular flexibility index (Phi) is 4.52. The number of hydrogen-bond donors (Lipinski definition) is 2. The average molecular weight is 337 g/mol. The second-order valence-corrected chi connectivity index (χ2v) is 6.11. The van der Waals surface area contributed by atoms with E-state index >= 15 is 0 Å². The fraction of sp³-hybridized carbons (Fsp3) is 0.211. The number of carboxylic acids is 1. The van der Waals surface area contributed by atoms with E-state index in [1.54, 1.807) is 24.5 Å². The largest absolute Gasteiger partial charge is 0.480 e. The molecule has 2 aromatic carbocycles. The summed E-state index contributed by atoms with van der Waals surface area (Å²) in [5.74, 6) is -1.47. The van der Waals surface area contributed by atoms with E-state index in [0.717, 1.165) is 22.2 Å². The fourth-order valence-corrected chi connectivity index (χ4v) is 2.67. The molecule has 128 valence electrons. The van der Waals surface area contributed by atoms with Gasteiger partial charge in [0.05, 0.1) is 17.4 Å². The Morgan fingerprint density at radius 3 is 2.60 bits per heavy atom. The number of nitrogens with zero attached hydrogens (tertiary/aromatic N) is 2. The number of aryl methyl sites for hydroxylation is 2. The third-order valence-electron chi connectivity index (χ3n) is 4.15. The number of amides is 1. The van der Waals surface area contributed by atoms with Crippen LogP contribution in [0.2, 0.25) is 0 Å². The van der Waals surface area contributed by atoms with Crippen LogP contribution in [0.4, 0.5) is 0 Å². The van der Waals surface area contributed by atoms with Crippen molar-refractivity contribution in [2.45, 2.75) is 19.4 Å². The van der Waals surface area contributed by atoms with Gasteiger partial charge in [-0.2, -0.15) is 0 Å². The Hall–Kier alpha value is -3.15. The highest BCUT2D eigenvalue weighted by atomic mass is 16.4. The van der Waals surface area contributed by atoms with Gasteiger partial charge in [-0.25, -0.2) is 9.78 Å². The Balaban J connectivity index is 1.78. The van der Waals surface area contributed by atoms with Crippen molar-refractivity contribution in [2.24, 2.45) is 7.05 Å². The van der Waals surface area contributed by atoms with Crippen LogP contribution < -0.4 is 5.32 Å². The minimum Gasteiger partial charge on any atom is -0.480 e. The number of aromatic nitrogens is 2. The molecule has 6 nitrogen and oxygen atoms in total. The molecule has 0 bridgehead atoms. The number of carbonyl (C=O) groups is 2. The molecule has 0 radical (unpaired) electrons. The van der Waals surface area contributed by atoms with Gasteiger partial charge in [-0.15, -0.1) is 0 Å². The number of aliphatic carboxylic acids is 1. The molecule has 0 spiro atoms. The van der Waals surface area contributed by atoms with Gasteiger partial charge in [0.2, 0.25) is 0 Å². The topological polar surface area (TPSA) is 84.2 Å². The van der Waals surface area contributed by atoms with Crippen LogP contribution in [0.25, 0.3) is 11.0 Å². The van der Waals surface area contributed by atoms with E-state index in [4.69, 9.17) is 0 Å². The molecule has 0 saturated heterocycles. The summed E-state index contributed by atoms with van der Waals surface area (Å²) in [5, 5.41) is 12.0. The van der Waals surface area contributed by atoms with Crippen LogP contribution in [-0.4, -0.2) is 32.6 Å². The molecule has 25 heavy (non-hydrogen) atoms. The van der Waals surface area contributed by atoms with Gasteiger partial charge in [-0.05, 0) is 30.7 Å². The minimum atomic E-state index is -1.06. The van der Waals surface area contributed by atoms with Gasteiger partial charge in [0, 0.05) is 19.0 Å². The maximum absolute atomic E-state index is 12.5. The van der Waals surface area contributed by atoms with Gasteiger partial charge in [-0.3, -0.25) is 4.79 Å². The summed E-state index contributed by atoms with van der Waals surface area (Å²) in [5.41, 5.74) is 3.97. The summed E-state index contributed by atoms with van der Waals surface area (Å²) < 4.78 is 1.81. The summed E-state index contributed by atoms with van der Waals surface area (Å²) in [6, 6.07) is 11.7. The van der Waals surface area contributed by atoms with Crippen molar-refractivity contribution in [1.29, 1.82) is 0 Å². The number of rotatable bonds is 5. The van der Waals surface area contributed by atoms with Crippen LogP contribution in [0, 0.1) is 6.92 Å². The first-order valence-electron chi connectivity index (χ1n) is 7.94. The lowest BCUT2D eigenvalue weighted by Crippen LogP contribution is -2.42. The number of benzene rings is 2. The van der Waals surface area contributed by atoms with Crippen molar-refractivity contribution in [3.63, 3.8) is 0 Å². The summed E-state index contributed by atoms with van der Waals surface area (Å²) >= 11 is 0. The van der Waals surface area contributed by atoms with Crippen molar-refractivity contribution >= 4 is 22.9 Å². The molecule has 3 aromatic rings. The number of carbonyl (C=O) groups excluding carboxylic acids is 1. The van der Waals surface area contributed by atoms with E-state index in [9.17, 15) is 14.7 Å². The van der Waals surface area contributed by atoms with Gasteiger partial charge >= 0.3 is 5.97 Å². The van der Waals surface area contributed by atoms with Gasteiger partial charge < -0.3 is 15.0 Å². The molecule has 0 saturated carbocycles. The molecule has 3 rings (SSSR count). The van der Waals surface area contributed by atoms with E-state index in [1.165, 1.54) is 0 Å². The molecule has 2 N–H and O–H groups in total. The van der Waals surface area contributed by atoms with E-state index in [2.05, 4.69) is 10.3 Å². The van der Waals surface area contributed by atoms with Crippen LogP contribution in [0.1, 0.15) is 21.5 Å². The predicted octanol–water partition coefficient (Wildman–Crippen LogP) is 2.31. The maximum Gasteiger partial charge on any atom is 0.326 e. The lowest BCUT2D eigenvalue weighted by molar-refractivity contribution is -0.139. The van der Waals surface area contributed by atoms with Gasteiger partial charge in [-0.1, -0.05) is 29.8 Å². The quantitative estimate of drug-likeness (QED) is 0.748. The molecule has 1 amide bonds. The zero-order chi connectivity index (χ0) is 18.0. The summed E-state index contributed by atoms with van der Waals surface area (Å²) in [7, 11) is 1.84. The molecule has 1 unspecified atom stereocenters. The number of fused-ring (bicyclic) bond motifs is 1. The number of nitrogens with one attached hydrogen (secondary N) is 1. The van der Waals surface area contributed by atoms with Crippen LogP contribution in [0.3, 0.4) is 0 Å². The highest BCUT2D eigenvalue weighted by Crippen LogP contribution is 2.14. The SMILES string of the molecule is Cc1ccc(CC(NC(=O)c2ccc3ncn(C)c3c2)C(=O)O)cc1. The first-order chi connectivity index (χ1) is 11.9. The number of carboxylic acid groups (broad SMARTS) is 1. The molecule has 0 aliphatic heterocycles. The summed E-state index contributed by atoms with van der Waals surface area (Å²) in [4.78, 5) is 28.2. The van der Waals surface area contributed by atoms with Crippen molar-refractivity contribution in [1.82, 2.24) is 14.9 Å². The van der Waals surface area contributed by atoms with E-state index < -0.39 is 17.9 Å². The van der Waals surface area contributed by atoms with Crippen LogP contribution >= 0.6 is 0 Å². The Labute approximate surface area is 145 Å². The first kappa shape index (κ1) is 16.7. The summed E-state index contributed by atoms with van der Waals surface area (Å²) in [6.07, 6.45) is 1.90. The lowest BCUT2D eigenvalue weighted by Gasteiger charge is -2.15. The Bertz CT molecular complexity index is 929. The average Bonchev–Trinajstić information content (AvgIpc) is 2.96. The number of imidazole rings is 1. The molecule has 6 heteroatoms. The van der Waals surface area contributed by atoms with Crippen LogP contribution in [0.15, 0.2) is 48.8 Å². The molecule has 0 aliphatic rings. The van der Waals surface area contributed by atoms with Crippen molar-refractivity contribution in [3.8, 4) is 0 Å². The predicted molar refractivity (Wildman–Crippen MR) is 94.5 cm³/mol. The second kappa shape index (κ2) is 6.76. The standard InChI is InChI=1S/C19H19N3O3/c1-12-3-5-13(6-4-12)9-16(19(24)25)21-18(23)14-7-8-15-17(10-14)22(2)11-20-15/h3-8,10-11,16H,9H2,1-2H3,(H,21,23)(H,24,25). The lowest BCUT2D eigenvalue weighted by atomic mass is 10.0. The molecule has 1 aromatic heterocycles. The van der Waals surface area contributed by atoms with Crippen molar-refractivity contribution in [2.75, 3.05) is 0 Å². The molecule has 0 fully saturated rings. The Morgan fingerprint density at radius 1 is 1.20 bits per heavy atom. The normalized spacial score (nSPS) is 12.1. The third-order valence-corrected chi connectivity index (χ3v) is 4.15. The monoisotopic (exact) mass is 337 g/mol. The Morgan fingerprint density at radius 2 is 1.92 bits per heavy atom. The van der Waals surface area contributed by atoms with E-state index in [-0.39, 0.29) is 6.42 Å².